The minimum Gasteiger partial charge on any atom is -0.468 e. The lowest BCUT2D eigenvalue weighted by atomic mass is 9.80. The molecule has 2 heterocycles. The van der Waals surface area contributed by atoms with Gasteiger partial charge in [0.2, 0.25) is 11.8 Å². The number of hydrogen-bond donors (Lipinski definition) is 1. The van der Waals surface area contributed by atoms with Crippen LogP contribution in [0.25, 0.3) is 0 Å². The lowest BCUT2D eigenvalue weighted by molar-refractivity contribution is -0.151. The van der Waals surface area contributed by atoms with Crippen LogP contribution in [-0.4, -0.2) is 30.4 Å². The predicted octanol–water partition coefficient (Wildman–Crippen LogP) is 2.52. The second-order valence-electron chi connectivity index (χ2n) is 7.72. The van der Waals surface area contributed by atoms with Crippen molar-refractivity contribution in [3.8, 4) is 0 Å². The summed E-state index contributed by atoms with van der Waals surface area (Å²) in [5.41, 5.74) is 0.732. The first-order chi connectivity index (χ1) is 13.8. The predicted molar refractivity (Wildman–Crippen MR) is 103 cm³/mol. The summed E-state index contributed by atoms with van der Waals surface area (Å²) in [5, 5.41) is 3.20. The highest BCUT2D eigenvalue weighted by molar-refractivity contribution is 6.24. The molecule has 2 aromatic rings. The SMILES string of the molecule is COC(=O)[C@@]1(C)N[C@@H](c2cccc(C)c2)[C@@H]2C(=O)N(c3ccc(F)cc3)C(=O)[C@H]21. The zero-order chi connectivity index (χ0) is 20.9. The topological polar surface area (TPSA) is 75.7 Å². The summed E-state index contributed by atoms with van der Waals surface area (Å²) in [6.07, 6.45) is 0. The van der Waals surface area contributed by atoms with Crippen LogP contribution in [0.4, 0.5) is 10.1 Å². The van der Waals surface area contributed by atoms with E-state index in [4.69, 9.17) is 4.74 Å². The molecular weight excluding hydrogens is 375 g/mol. The quantitative estimate of drug-likeness (QED) is 0.637. The van der Waals surface area contributed by atoms with Gasteiger partial charge in [0.25, 0.3) is 0 Å². The van der Waals surface area contributed by atoms with Crippen molar-refractivity contribution in [2.24, 2.45) is 11.8 Å². The van der Waals surface area contributed by atoms with Crippen molar-refractivity contribution in [3.63, 3.8) is 0 Å². The Hall–Kier alpha value is -3.06. The summed E-state index contributed by atoms with van der Waals surface area (Å²) in [4.78, 5) is 40.4. The standard InChI is InChI=1S/C22H21FN2O4/c1-12-5-4-6-13(11-12)18-16-17(22(2,24-18)21(28)29-3)20(27)25(19(16)26)15-9-7-14(23)8-10-15/h4-11,16-18,24H,1-3H3/t16-,17+,18+,22+/m1/s1. The molecule has 0 bridgehead atoms. The molecule has 1 N–H and O–H groups in total. The molecule has 2 saturated heterocycles. The average molecular weight is 396 g/mol. The Labute approximate surface area is 167 Å². The molecule has 6 nitrogen and oxygen atoms in total. The molecule has 7 heteroatoms. The van der Waals surface area contributed by atoms with E-state index >= 15 is 0 Å². The Bertz CT molecular complexity index is 1010. The number of methoxy groups -OCH3 is 1. The number of nitrogens with one attached hydrogen (secondary N) is 1. The fourth-order valence-corrected chi connectivity index (χ4v) is 4.53. The summed E-state index contributed by atoms with van der Waals surface area (Å²) in [7, 11) is 1.25. The number of halogens is 1. The molecule has 0 aliphatic carbocycles. The number of aryl methyl sites for hydroxylation is 1. The molecule has 29 heavy (non-hydrogen) atoms. The smallest absolute Gasteiger partial charge is 0.326 e. The molecule has 0 aromatic heterocycles. The number of benzene rings is 2. The molecule has 4 atom stereocenters. The van der Waals surface area contributed by atoms with Gasteiger partial charge in [0, 0.05) is 6.04 Å². The van der Waals surface area contributed by atoms with E-state index < -0.39 is 47.0 Å². The Morgan fingerprint density at radius 3 is 2.45 bits per heavy atom. The fourth-order valence-electron chi connectivity index (χ4n) is 4.53. The normalized spacial score (nSPS) is 28.6. The van der Waals surface area contributed by atoms with E-state index in [1.165, 1.54) is 31.4 Å². The van der Waals surface area contributed by atoms with Crippen molar-refractivity contribution >= 4 is 23.5 Å². The molecule has 2 amide bonds. The number of fused-ring (bicyclic) bond motifs is 1. The zero-order valence-electron chi connectivity index (χ0n) is 16.3. The summed E-state index contributed by atoms with van der Waals surface area (Å²) < 4.78 is 18.3. The van der Waals surface area contributed by atoms with Gasteiger partial charge in [-0.25, -0.2) is 9.29 Å². The number of nitrogens with zero attached hydrogens (tertiary/aromatic N) is 1. The number of carbonyl (C=O) groups is 3. The van der Waals surface area contributed by atoms with Crippen molar-refractivity contribution in [2.45, 2.75) is 25.4 Å². The van der Waals surface area contributed by atoms with Gasteiger partial charge in [0.05, 0.1) is 24.6 Å². The first-order valence-corrected chi connectivity index (χ1v) is 9.34. The van der Waals surface area contributed by atoms with Gasteiger partial charge >= 0.3 is 5.97 Å². The molecule has 4 rings (SSSR count). The number of amides is 2. The van der Waals surface area contributed by atoms with Crippen LogP contribution in [0.2, 0.25) is 0 Å². The third-order valence-corrected chi connectivity index (χ3v) is 5.88. The maximum Gasteiger partial charge on any atom is 0.326 e. The molecule has 0 radical (unpaired) electrons. The van der Waals surface area contributed by atoms with Gasteiger partial charge in [-0.15, -0.1) is 0 Å². The molecule has 2 aliphatic heterocycles. The molecule has 2 aliphatic rings. The maximum absolute atomic E-state index is 13.4. The molecule has 0 saturated carbocycles. The number of anilines is 1. The van der Waals surface area contributed by atoms with Crippen molar-refractivity contribution in [2.75, 3.05) is 12.0 Å². The lowest BCUT2D eigenvalue weighted by Gasteiger charge is -2.28. The van der Waals surface area contributed by atoms with E-state index in [0.717, 1.165) is 16.0 Å². The minimum atomic E-state index is -1.37. The second kappa shape index (κ2) is 6.77. The Balaban J connectivity index is 1.83. The Kier molecular flexibility index (Phi) is 4.50. The molecule has 0 unspecified atom stereocenters. The van der Waals surface area contributed by atoms with Crippen LogP contribution in [0, 0.1) is 24.6 Å². The minimum absolute atomic E-state index is 0.283. The van der Waals surface area contributed by atoms with Crippen LogP contribution < -0.4 is 10.2 Å². The van der Waals surface area contributed by atoms with E-state index in [1.54, 1.807) is 6.92 Å². The molecule has 2 aromatic carbocycles. The first-order valence-electron chi connectivity index (χ1n) is 9.34. The fraction of sp³-hybridized carbons (Fsp3) is 0.318. The number of hydrogen-bond acceptors (Lipinski definition) is 5. The van der Waals surface area contributed by atoms with E-state index in [-0.39, 0.29) is 5.69 Å². The van der Waals surface area contributed by atoms with E-state index in [0.29, 0.717) is 0 Å². The van der Waals surface area contributed by atoms with Crippen molar-refractivity contribution in [1.82, 2.24) is 5.32 Å². The van der Waals surface area contributed by atoms with Gasteiger partial charge in [-0.2, -0.15) is 0 Å². The third kappa shape index (κ3) is 2.84. The van der Waals surface area contributed by atoms with E-state index in [1.807, 2.05) is 31.2 Å². The molecule has 0 spiro atoms. The van der Waals surface area contributed by atoms with Crippen LogP contribution in [0.15, 0.2) is 48.5 Å². The first kappa shape index (κ1) is 19.3. The molecule has 150 valence electrons. The van der Waals surface area contributed by atoms with Gasteiger partial charge in [-0.05, 0) is 43.7 Å². The summed E-state index contributed by atoms with van der Waals surface area (Å²) in [5.74, 6) is -3.70. The zero-order valence-corrected chi connectivity index (χ0v) is 16.3. The van der Waals surface area contributed by atoms with Crippen molar-refractivity contribution in [3.05, 3.63) is 65.5 Å². The highest BCUT2D eigenvalue weighted by Crippen LogP contribution is 2.50. The van der Waals surface area contributed by atoms with Crippen molar-refractivity contribution < 1.29 is 23.5 Å². The number of ether oxygens (including phenoxy) is 1. The average Bonchev–Trinajstić information content (AvgIpc) is 3.16. The summed E-state index contributed by atoms with van der Waals surface area (Å²) in [6.45, 7) is 3.52. The highest BCUT2D eigenvalue weighted by atomic mass is 19.1. The number of esters is 1. The highest BCUT2D eigenvalue weighted by Gasteiger charge is 2.67. The largest absolute Gasteiger partial charge is 0.468 e. The summed E-state index contributed by atoms with van der Waals surface area (Å²) >= 11 is 0. The molecular formula is C22H21FN2O4. The van der Waals surface area contributed by atoms with Gasteiger partial charge in [0.1, 0.15) is 11.4 Å². The van der Waals surface area contributed by atoms with Crippen LogP contribution in [0.5, 0.6) is 0 Å². The van der Waals surface area contributed by atoms with Crippen LogP contribution in [0.1, 0.15) is 24.1 Å². The van der Waals surface area contributed by atoms with Crippen LogP contribution >= 0.6 is 0 Å². The Morgan fingerprint density at radius 2 is 1.83 bits per heavy atom. The number of imide groups is 1. The number of carbonyl (C=O) groups excluding carboxylic acids is 3. The summed E-state index contributed by atoms with van der Waals surface area (Å²) in [6, 6.07) is 12.2. The lowest BCUT2D eigenvalue weighted by Crippen LogP contribution is -2.54. The van der Waals surface area contributed by atoms with Crippen molar-refractivity contribution in [1.29, 1.82) is 0 Å². The second-order valence-corrected chi connectivity index (χ2v) is 7.72. The van der Waals surface area contributed by atoms with Crippen LogP contribution in [0.3, 0.4) is 0 Å². The maximum atomic E-state index is 13.4. The van der Waals surface area contributed by atoms with Gasteiger partial charge in [-0.1, -0.05) is 29.8 Å². The van der Waals surface area contributed by atoms with Crippen LogP contribution in [-0.2, 0) is 19.1 Å². The van der Waals surface area contributed by atoms with Gasteiger partial charge in [-0.3, -0.25) is 19.7 Å². The third-order valence-electron chi connectivity index (χ3n) is 5.88. The monoisotopic (exact) mass is 396 g/mol. The molecule has 2 fully saturated rings. The van der Waals surface area contributed by atoms with Gasteiger partial charge in [0.15, 0.2) is 0 Å². The van der Waals surface area contributed by atoms with E-state index in [2.05, 4.69) is 5.32 Å². The van der Waals surface area contributed by atoms with E-state index in [9.17, 15) is 18.8 Å². The van der Waals surface area contributed by atoms with Gasteiger partial charge < -0.3 is 4.74 Å². The number of rotatable bonds is 3. The Morgan fingerprint density at radius 1 is 1.14 bits per heavy atom.